The zero-order chi connectivity index (χ0) is 12.4. The number of para-hydroxylation sites is 1. The van der Waals surface area contributed by atoms with Crippen molar-refractivity contribution in [2.75, 3.05) is 0 Å². The van der Waals surface area contributed by atoms with Gasteiger partial charge in [-0.05, 0) is 18.9 Å². The molecule has 2 aromatic rings. The van der Waals surface area contributed by atoms with Crippen LogP contribution in [0.4, 0.5) is 0 Å². The molecule has 0 amide bonds. The number of rotatable bonds is 1. The van der Waals surface area contributed by atoms with Gasteiger partial charge in [0.15, 0.2) is 0 Å². The number of hydrogen-bond acceptors (Lipinski definition) is 2. The van der Waals surface area contributed by atoms with E-state index in [0.717, 1.165) is 18.4 Å². The predicted octanol–water partition coefficient (Wildman–Crippen LogP) is 3.68. The molecule has 1 aromatic heterocycles. The molecule has 18 heavy (non-hydrogen) atoms. The third kappa shape index (κ3) is 1.88. The smallest absolute Gasteiger partial charge is 0.0688 e. The van der Waals surface area contributed by atoms with Crippen molar-refractivity contribution in [1.82, 2.24) is 9.78 Å². The molecule has 3 heteroatoms. The van der Waals surface area contributed by atoms with Gasteiger partial charge in [0.25, 0.3) is 0 Å². The Morgan fingerprint density at radius 1 is 1.17 bits per heavy atom. The maximum atomic E-state index is 9.37. The Morgan fingerprint density at radius 3 is 2.89 bits per heavy atom. The van der Waals surface area contributed by atoms with Gasteiger partial charge in [-0.2, -0.15) is 10.4 Å². The lowest BCUT2D eigenvalue weighted by molar-refractivity contribution is 0.353. The molecule has 1 heterocycles. The van der Waals surface area contributed by atoms with Crippen LogP contribution in [0.5, 0.6) is 0 Å². The second-order valence-electron chi connectivity index (χ2n) is 5.09. The van der Waals surface area contributed by atoms with Gasteiger partial charge in [-0.15, -0.1) is 0 Å². The van der Waals surface area contributed by atoms with Crippen LogP contribution in [0, 0.1) is 17.2 Å². The largest absolute Gasteiger partial charge is 0.260 e. The van der Waals surface area contributed by atoms with Crippen LogP contribution < -0.4 is 0 Å². The van der Waals surface area contributed by atoms with Crippen molar-refractivity contribution in [2.24, 2.45) is 5.92 Å². The fraction of sp³-hybridized carbons (Fsp3) is 0.467. The molecule has 2 unspecified atom stereocenters. The first-order valence-electron chi connectivity index (χ1n) is 6.72. The average molecular weight is 239 g/mol. The van der Waals surface area contributed by atoms with Crippen molar-refractivity contribution in [2.45, 2.75) is 38.1 Å². The van der Waals surface area contributed by atoms with E-state index >= 15 is 0 Å². The van der Waals surface area contributed by atoms with Gasteiger partial charge in [0.1, 0.15) is 0 Å². The third-order valence-electron chi connectivity index (χ3n) is 3.96. The van der Waals surface area contributed by atoms with Crippen LogP contribution in [0.3, 0.4) is 0 Å². The normalized spacial score (nSPS) is 24.6. The van der Waals surface area contributed by atoms with Gasteiger partial charge in [0.05, 0.1) is 29.7 Å². The highest BCUT2D eigenvalue weighted by molar-refractivity contribution is 5.78. The van der Waals surface area contributed by atoms with Crippen LogP contribution in [-0.4, -0.2) is 9.78 Å². The quantitative estimate of drug-likeness (QED) is 0.712. The number of nitriles is 1. The number of benzene rings is 1. The molecule has 1 aliphatic rings. The van der Waals surface area contributed by atoms with E-state index < -0.39 is 0 Å². The van der Waals surface area contributed by atoms with Gasteiger partial charge in [-0.25, -0.2) is 0 Å². The molecule has 0 aliphatic heterocycles. The third-order valence-corrected chi connectivity index (χ3v) is 3.96. The monoisotopic (exact) mass is 239 g/mol. The molecule has 1 fully saturated rings. The fourth-order valence-corrected chi connectivity index (χ4v) is 2.99. The molecule has 3 nitrogen and oxygen atoms in total. The van der Waals surface area contributed by atoms with Gasteiger partial charge in [-0.1, -0.05) is 37.5 Å². The highest BCUT2D eigenvalue weighted by Crippen LogP contribution is 2.33. The topological polar surface area (TPSA) is 41.6 Å². The Morgan fingerprint density at radius 2 is 2.00 bits per heavy atom. The highest BCUT2D eigenvalue weighted by atomic mass is 15.3. The minimum Gasteiger partial charge on any atom is -0.260 e. The van der Waals surface area contributed by atoms with Gasteiger partial charge in [-0.3, -0.25) is 4.68 Å². The standard InChI is InChI=1S/C15H17N3/c16-10-12-6-2-1-3-8-14(12)18-15-9-5-4-7-13(15)11-17-18/h4-5,7,9,11-12,14H,1-3,6,8H2. The minimum atomic E-state index is 0.107. The van der Waals surface area contributed by atoms with Crippen LogP contribution in [0.2, 0.25) is 0 Å². The number of aromatic nitrogens is 2. The highest BCUT2D eigenvalue weighted by Gasteiger charge is 2.26. The van der Waals surface area contributed by atoms with Gasteiger partial charge < -0.3 is 0 Å². The molecule has 92 valence electrons. The second kappa shape index (κ2) is 4.81. The predicted molar refractivity (Wildman–Crippen MR) is 71.0 cm³/mol. The van der Waals surface area contributed by atoms with Crippen molar-refractivity contribution in [3.8, 4) is 6.07 Å². The average Bonchev–Trinajstić information content (AvgIpc) is 2.69. The lowest BCUT2D eigenvalue weighted by atomic mass is 9.96. The summed E-state index contributed by atoms with van der Waals surface area (Å²) in [4.78, 5) is 0. The van der Waals surface area contributed by atoms with E-state index in [0.29, 0.717) is 0 Å². The van der Waals surface area contributed by atoms with E-state index in [9.17, 15) is 5.26 Å². The van der Waals surface area contributed by atoms with Crippen molar-refractivity contribution in [1.29, 1.82) is 5.26 Å². The van der Waals surface area contributed by atoms with E-state index in [1.165, 1.54) is 24.6 Å². The van der Waals surface area contributed by atoms with Crippen molar-refractivity contribution in [3.05, 3.63) is 30.5 Å². The SMILES string of the molecule is N#CC1CCCCCC1n1ncc2ccccc21. The summed E-state index contributed by atoms with van der Waals surface area (Å²) in [5.74, 6) is 0.107. The van der Waals surface area contributed by atoms with E-state index in [1.54, 1.807) is 0 Å². The zero-order valence-corrected chi connectivity index (χ0v) is 10.4. The Bertz CT molecular complexity index is 579. The van der Waals surface area contributed by atoms with Crippen molar-refractivity contribution < 1.29 is 0 Å². The van der Waals surface area contributed by atoms with E-state index in [4.69, 9.17) is 0 Å². The van der Waals surface area contributed by atoms with E-state index in [2.05, 4.69) is 28.0 Å². The van der Waals surface area contributed by atoms with Crippen LogP contribution in [0.1, 0.15) is 38.1 Å². The summed E-state index contributed by atoms with van der Waals surface area (Å²) in [6.45, 7) is 0. The summed E-state index contributed by atoms with van der Waals surface area (Å²) in [6, 6.07) is 11.0. The first-order valence-corrected chi connectivity index (χ1v) is 6.72. The molecule has 1 aliphatic carbocycles. The molecule has 0 radical (unpaired) electrons. The zero-order valence-electron chi connectivity index (χ0n) is 10.4. The number of nitrogens with zero attached hydrogens (tertiary/aromatic N) is 3. The van der Waals surface area contributed by atoms with Gasteiger partial charge in [0.2, 0.25) is 0 Å². The molecule has 3 rings (SSSR count). The van der Waals surface area contributed by atoms with Crippen LogP contribution in [0.25, 0.3) is 10.9 Å². The molecule has 2 atom stereocenters. The van der Waals surface area contributed by atoms with Gasteiger partial charge in [0, 0.05) is 5.39 Å². The maximum absolute atomic E-state index is 9.37. The second-order valence-corrected chi connectivity index (χ2v) is 5.09. The molecular formula is C15H17N3. The Kier molecular flexibility index (Phi) is 3.02. The van der Waals surface area contributed by atoms with Crippen LogP contribution in [-0.2, 0) is 0 Å². The van der Waals surface area contributed by atoms with E-state index in [-0.39, 0.29) is 12.0 Å². The molecule has 0 spiro atoms. The first-order chi connectivity index (χ1) is 8.90. The summed E-state index contributed by atoms with van der Waals surface area (Å²) in [6.07, 6.45) is 7.62. The molecule has 0 bridgehead atoms. The Balaban J connectivity index is 2.04. The molecule has 1 aromatic carbocycles. The van der Waals surface area contributed by atoms with Crippen molar-refractivity contribution in [3.63, 3.8) is 0 Å². The van der Waals surface area contributed by atoms with Crippen LogP contribution >= 0.6 is 0 Å². The summed E-state index contributed by atoms with van der Waals surface area (Å²) in [5.41, 5.74) is 1.16. The molecule has 1 saturated carbocycles. The minimum absolute atomic E-state index is 0.107. The van der Waals surface area contributed by atoms with Crippen LogP contribution in [0.15, 0.2) is 30.5 Å². The summed E-state index contributed by atoms with van der Waals surface area (Å²) in [5, 5.41) is 15.1. The van der Waals surface area contributed by atoms with E-state index in [1.807, 2.05) is 18.3 Å². The maximum Gasteiger partial charge on any atom is 0.0688 e. The lowest BCUT2D eigenvalue weighted by Gasteiger charge is -2.20. The summed E-state index contributed by atoms with van der Waals surface area (Å²) < 4.78 is 2.08. The fourth-order valence-electron chi connectivity index (χ4n) is 2.99. The summed E-state index contributed by atoms with van der Waals surface area (Å²) >= 11 is 0. The number of fused-ring (bicyclic) bond motifs is 1. The van der Waals surface area contributed by atoms with Gasteiger partial charge >= 0.3 is 0 Å². The molecular weight excluding hydrogens is 222 g/mol. The molecule has 0 saturated heterocycles. The summed E-state index contributed by atoms with van der Waals surface area (Å²) in [7, 11) is 0. The molecule has 0 N–H and O–H groups in total. The Labute approximate surface area is 107 Å². The number of hydrogen-bond donors (Lipinski definition) is 0. The lowest BCUT2D eigenvalue weighted by Crippen LogP contribution is -2.18. The Hall–Kier alpha value is -1.82. The first kappa shape index (κ1) is 11.3. The van der Waals surface area contributed by atoms with Crippen molar-refractivity contribution >= 4 is 10.9 Å².